The fourth-order valence-corrected chi connectivity index (χ4v) is 19.8. The number of fused-ring (bicyclic) bond motifs is 5. The Morgan fingerprint density at radius 1 is 0.325 bits per heavy atom. The number of hydrogen-bond acceptors (Lipinski definition) is 10. The molecule has 15 atom stereocenters. The van der Waals surface area contributed by atoms with Gasteiger partial charge in [0.05, 0.1) is 24.4 Å². The number of phenols is 2. The lowest BCUT2D eigenvalue weighted by molar-refractivity contribution is -0.227. The number of hydrogen-bond donors (Lipinski definition) is 2. The summed E-state index contributed by atoms with van der Waals surface area (Å²) in [5.41, 5.74) is 8.38. The Kier molecular flexibility index (Phi) is 37.3. The zero-order chi connectivity index (χ0) is 81.8. The Balaban J connectivity index is 0.000000161. The third-order valence-electron chi connectivity index (χ3n) is 27.6. The molecule has 0 amide bonds. The van der Waals surface area contributed by atoms with Crippen LogP contribution in [0.25, 0.3) is 0 Å². The van der Waals surface area contributed by atoms with Crippen LogP contribution in [-0.4, -0.2) is 59.8 Å². The molecule has 6 bridgehead atoms. The Hall–Kier alpha value is -6.04. The SMILES string of the molecule is CCC(C)c1ccc(O)cc1.CCC(C)c1ccc(O)cc1.CCC(C)c1ccc(OC(C)OC2CCCCC2)cc1.CCC(C)c1ccc(OC(C)OC2CCCCC2)cc1.CCC(C)c1ccc(OC(OC(C)C)C23CC4CC(CC(C4)C2)C3)cc1.CCC(C)c1ccc(OC(OC2CC3CC2C2CCCC32)C(C)C)cc1. The molecule has 10 nitrogen and oxygen atoms in total. The van der Waals surface area contributed by atoms with Crippen LogP contribution < -0.4 is 18.9 Å². The van der Waals surface area contributed by atoms with Crippen molar-refractivity contribution in [3.63, 3.8) is 0 Å². The summed E-state index contributed by atoms with van der Waals surface area (Å²) in [5.74, 6) is 14.8. The highest BCUT2D eigenvalue weighted by molar-refractivity contribution is 5.34. The Bertz CT molecular complexity index is 3410. The van der Waals surface area contributed by atoms with E-state index in [4.69, 9.17) is 48.1 Å². The molecule has 2 N–H and O–H groups in total. The summed E-state index contributed by atoms with van der Waals surface area (Å²) in [4.78, 5) is 0. The predicted octanol–water partition coefficient (Wildman–Crippen LogP) is 29.3. The van der Waals surface area contributed by atoms with Gasteiger partial charge in [0.1, 0.15) is 34.5 Å². The summed E-state index contributed by atoms with van der Waals surface area (Å²) < 4.78 is 49.5. The molecule has 0 radical (unpaired) electrons. The van der Waals surface area contributed by atoms with E-state index in [1.165, 1.54) is 194 Å². The van der Waals surface area contributed by atoms with Crippen molar-refractivity contribution in [2.75, 3.05) is 0 Å². The second-order valence-corrected chi connectivity index (χ2v) is 37.0. The molecule has 6 aromatic rings. The largest absolute Gasteiger partial charge is 0.508 e. The Labute approximate surface area is 693 Å². The van der Waals surface area contributed by atoms with Crippen molar-refractivity contribution < 1.29 is 48.1 Å². The van der Waals surface area contributed by atoms with Crippen molar-refractivity contribution >= 4 is 0 Å². The van der Waals surface area contributed by atoms with Gasteiger partial charge in [-0.3, -0.25) is 0 Å². The maximum Gasteiger partial charge on any atom is 0.205 e. The quantitative estimate of drug-likeness (QED) is 0.0423. The molecule has 9 aliphatic carbocycles. The summed E-state index contributed by atoms with van der Waals surface area (Å²) in [5, 5.41) is 18.0. The molecule has 9 saturated carbocycles. The molecule has 10 heteroatoms. The van der Waals surface area contributed by atoms with Crippen molar-refractivity contribution in [1.82, 2.24) is 0 Å². The van der Waals surface area contributed by atoms with Crippen LogP contribution in [0.4, 0.5) is 0 Å². The lowest BCUT2D eigenvalue weighted by atomic mass is 9.49. The van der Waals surface area contributed by atoms with Gasteiger partial charge < -0.3 is 48.1 Å². The molecule has 0 aromatic heterocycles. The van der Waals surface area contributed by atoms with Crippen molar-refractivity contribution in [3.8, 4) is 34.5 Å². The third kappa shape index (κ3) is 27.8. The first-order valence-electron chi connectivity index (χ1n) is 46.1. The minimum atomic E-state index is -0.160. The van der Waals surface area contributed by atoms with Gasteiger partial charge in [-0.15, -0.1) is 0 Å². The van der Waals surface area contributed by atoms with Crippen LogP contribution in [0.2, 0.25) is 0 Å². The summed E-state index contributed by atoms with van der Waals surface area (Å²) in [6.07, 6.45) is 35.8. The van der Waals surface area contributed by atoms with Gasteiger partial charge >= 0.3 is 0 Å². The highest BCUT2D eigenvalue weighted by atomic mass is 16.7. The molecule has 15 rings (SSSR count). The monoisotopic (exact) mass is 1570 g/mol. The van der Waals surface area contributed by atoms with Gasteiger partial charge in [-0.05, 0) is 339 Å². The van der Waals surface area contributed by atoms with Gasteiger partial charge in [-0.1, -0.05) is 215 Å². The summed E-state index contributed by atoms with van der Waals surface area (Å²) in [7, 11) is 0. The van der Waals surface area contributed by atoms with Crippen LogP contribution in [-0.2, 0) is 18.9 Å². The smallest absolute Gasteiger partial charge is 0.205 e. The van der Waals surface area contributed by atoms with E-state index < -0.39 is 0 Å². The van der Waals surface area contributed by atoms with E-state index >= 15 is 0 Å². The van der Waals surface area contributed by atoms with Crippen LogP contribution in [0.3, 0.4) is 0 Å². The molecule has 9 fully saturated rings. The topological polar surface area (TPSA) is 114 Å². The number of aromatic hydroxyl groups is 2. The van der Waals surface area contributed by atoms with E-state index in [0.717, 1.165) is 77.3 Å². The second kappa shape index (κ2) is 46.4. The van der Waals surface area contributed by atoms with Crippen molar-refractivity contribution in [2.24, 2.45) is 52.8 Å². The van der Waals surface area contributed by atoms with Gasteiger partial charge in [0.25, 0.3) is 0 Å². The standard InChI is InChI=1S/2C24H36O2.2C18H28O2.2C10H14O/c1-5-17(4)21-6-8-22(9-7-21)26-23(25-16(2)3)24-13-18-10-19(14-24)12-20(11-18)15-24;1-5-16(4)17-9-11-19(12-10-17)25-24(15(2)3)26-23-14-18-13-22(23)21-8-6-7-20(18)21;2*1-4-14(2)16-10-12-18(13-11-16)20-15(3)19-17-8-6-5-7-9-17;2*1-3-8(2)9-4-6-10(11)7-5-9/h6-9,16-20,23H,5,10-15H2,1-4H3;9-12,15-16,18,20-24H,5-8,13-14H2,1-4H3;2*10-15,17H,4-9H2,1-3H3;2*4-8,11H,3H2,1-2H3. The first kappa shape index (κ1) is 91.9. The molecule has 0 spiro atoms. The first-order valence-corrected chi connectivity index (χ1v) is 46.1. The van der Waals surface area contributed by atoms with Gasteiger partial charge in [-0.2, -0.15) is 0 Å². The molecule has 114 heavy (non-hydrogen) atoms. The molecule has 632 valence electrons. The second-order valence-electron chi connectivity index (χ2n) is 37.0. The maximum atomic E-state index is 9.01. The fourth-order valence-electron chi connectivity index (χ4n) is 19.8. The molecule has 6 aromatic carbocycles. The van der Waals surface area contributed by atoms with Crippen LogP contribution in [0, 0.1) is 52.8 Å². The zero-order valence-corrected chi connectivity index (χ0v) is 74.3. The van der Waals surface area contributed by atoms with Crippen LogP contribution >= 0.6 is 0 Å². The lowest BCUT2D eigenvalue weighted by Crippen LogP contribution is -2.54. The minimum absolute atomic E-state index is 0.0923. The number of benzene rings is 6. The fraction of sp³-hybridized carbons (Fsp3) is 0.654. The van der Waals surface area contributed by atoms with Gasteiger partial charge in [0.15, 0.2) is 12.6 Å². The van der Waals surface area contributed by atoms with Crippen LogP contribution in [0.15, 0.2) is 146 Å². The molecule has 0 saturated heterocycles. The van der Waals surface area contributed by atoms with Crippen molar-refractivity contribution in [3.05, 3.63) is 179 Å². The van der Waals surface area contributed by atoms with Gasteiger partial charge in [0.2, 0.25) is 12.6 Å². The number of phenolic OH excluding ortho intramolecular Hbond substituents is 2. The van der Waals surface area contributed by atoms with Crippen molar-refractivity contribution in [2.45, 2.75) is 383 Å². The molecule has 0 heterocycles. The van der Waals surface area contributed by atoms with E-state index in [1.807, 2.05) is 38.1 Å². The highest BCUT2D eigenvalue weighted by Gasteiger charge is 2.57. The van der Waals surface area contributed by atoms with Gasteiger partial charge in [0, 0.05) is 11.3 Å². The molecule has 9 aliphatic rings. The summed E-state index contributed by atoms with van der Waals surface area (Å²) >= 11 is 0. The molecule has 15 unspecified atom stereocenters. The first-order chi connectivity index (χ1) is 54.9. The van der Waals surface area contributed by atoms with E-state index in [-0.39, 0.29) is 36.7 Å². The number of rotatable bonds is 30. The highest BCUT2D eigenvalue weighted by Crippen LogP contribution is 2.63. The average Bonchev–Trinajstić information content (AvgIpc) is 1.41. The van der Waals surface area contributed by atoms with Crippen molar-refractivity contribution in [1.29, 1.82) is 0 Å². The molecular weight excluding hydrogens is 1410 g/mol. The number of ether oxygens (including phenoxy) is 8. The average molecular weight is 1570 g/mol. The lowest BCUT2D eigenvalue weighted by Gasteiger charge is -2.58. The van der Waals surface area contributed by atoms with Gasteiger partial charge in [-0.25, -0.2) is 0 Å². The third-order valence-corrected chi connectivity index (χ3v) is 27.6. The van der Waals surface area contributed by atoms with E-state index in [1.54, 1.807) is 24.3 Å². The Morgan fingerprint density at radius 3 is 0.965 bits per heavy atom. The van der Waals surface area contributed by atoms with E-state index in [2.05, 4.69) is 208 Å². The van der Waals surface area contributed by atoms with Crippen LogP contribution in [0.5, 0.6) is 34.5 Å². The summed E-state index contributed by atoms with van der Waals surface area (Å²) in [6, 6.07) is 49.2. The minimum Gasteiger partial charge on any atom is -0.508 e. The van der Waals surface area contributed by atoms with E-state index in [0.29, 0.717) is 71.2 Å². The normalized spacial score (nSPS) is 25.3. The zero-order valence-electron chi connectivity index (χ0n) is 74.3. The molecular formula is C104H156O10. The summed E-state index contributed by atoms with van der Waals surface area (Å²) in [6.45, 7) is 39.4. The molecule has 0 aliphatic heterocycles. The predicted molar refractivity (Wildman–Crippen MR) is 473 cm³/mol. The van der Waals surface area contributed by atoms with Crippen LogP contribution in [0.1, 0.15) is 367 Å². The van der Waals surface area contributed by atoms with E-state index in [9.17, 15) is 0 Å². The Morgan fingerprint density at radius 2 is 0.640 bits per heavy atom. The maximum absolute atomic E-state index is 9.01.